The summed E-state index contributed by atoms with van der Waals surface area (Å²) in [6.07, 6.45) is 0. The molecule has 2 rings (SSSR count). The standard InChI is InChI=1S/C15H18N2O3/c1-9-7-12(10(2)16-9)15(18)17-11-5-6-13(19-3)14(8-11)20-4/h5-8,16H,1-4H3,(H,17,18). The van der Waals surface area contributed by atoms with Crippen LogP contribution in [-0.4, -0.2) is 25.1 Å². The number of hydrogen-bond acceptors (Lipinski definition) is 3. The predicted octanol–water partition coefficient (Wildman–Crippen LogP) is 2.90. The summed E-state index contributed by atoms with van der Waals surface area (Å²) in [4.78, 5) is 15.3. The van der Waals surface area contributed by atoms with Crippen LogP contribution < -0.4 is 14.8 Å². The molecule has 0 saturated carbocycles. The number of amides is 1. The Balaban J connectivity index is 2.22. The maximum absolute atomic E-state index is 12.2. The van der Waals surface area contributed by atoms with Gasteiger partial charge in [0.25, 0.3) is 5.91 Å². The van der Waals surface area contributed by atoms with Crippen molar-refractivity contribution in [1.29, 1.82) is 0 Å². The van der Waals surface area contributed by atoms with Gasteiger partial charge in [-0.15, -0.1) is 0 Å². The summed E-state index contributed by atoms with van der Waals surface area (Å²) in [5.41, 5.74) is 3.10. The molecular weight excluding hydrogens is 256 g/mol. The fourth-order valence-corrected chi connectivity index (χ4v) is 2.07. The van der Waals surface area contributed by atoms with E-state index in [-0.39, 0.29) is 5.91 Å². The van der Waals surface area contributed by atoms with Gasteiger partial charge in [-0.25, -0.2) is 0 Å². The van der Waals surface area contributed by atoms with Gasteiger partial charge >= 0.3 is 0 Å². The number of rotatable bonds is 4. The maximum Gasteiger partial charge on any atom is 0.257 e. The highest BCUT2D eigenvalue weighted by atomic mass is 16.5. The minimum Gasteiger partial charge on any atom is -0.493 e. The van der Waals surface area contributed by atoms with Crippen LogP contribution in [0.2, 0.25) is 0 Å². The number of methoxy groups -OCH3 is 2. The van der Waals surface area contributed by atoms with Crippen LogP contribution in [0.1, 0.15) is 21.7 Å². The van der Waals surface area contributed by atoms with Gasteiger partial charge in [-0.3, -0.25) is 4.79 Å². The van der Waals surface area contributed by atoms with Crippen molar-refractivity contribution in [3.63, 3.8) is 0 Å². The zero-order valence-corrected chi connectivity index (χ0v) is 12.0. The molecule has 106 valence electrons. The highest BCUT2D eigenvalue weighted by Gasteiger charge is 2.13. The normalized spacial score (nSPS) is 10.2. The molecule has 0 saturated heterocycles. The van der Waals surface area contributed by atoms with Crippen LogP contribution in [0.3, 0.4) is 0 Å². The van der Waals surface area contributed by atoms with E-state index in [0.29, 0.717) is 22.7 Å². The Hall–Kier alpha value is -2.43. The number of aryl methyl sites for hydroxylation is 2. The van der Waals surface area contributed by atoms with Crippen LogP contribution in [0.15, 0.2) is 24.3 Å². The fraction of sp³-hybridized carbons (Fsp3) is 0.267. The number of H-pyrrole nitrogens is 1. The summed E-state index contributed by atoms with van der Waals surface area (Å²) >= 11 is 0. The minimum absolute atomic E-state index is 0.154. The topological polar surface area (TPSA) is 63.3 Å². The van der Waals surface area contributed by atoms with Crippen molar-refractivity contribution < 1.29 is 14.3 Å². The first-order valence-electron chi connectivity index (χ1n) is 6.24. The number of anilines is 1. The Kier molecular flexibility index (Phi) is 3.98. The third-order valence-electron chi connectivity index (χ3n) is 3.04. The predicted molar refractivity (Wildman–Crippen MR) is 77.8 cm³/mol. The van der Waals surface area contributed by atoms with Crippen LogP contribution in [0.4, 0.5) is 5.69 Å². The van der Waals surface area contributed by atoms with Gasteiger partial charge in [0.15, 0.2) is 11.5 Å². The largest absolute Gasteiger partial charge is 0.493 e. The number of nitrogens with one attached hydrogen (secondary N) is 2. The number of aromatic amines is 1. The van der Waals surface area contributed by atoms with E-state index in [9.17, 15) is 4.79 Å². The molecule has 1 heterocycles. The molecule has 0 unspecified atom stereocenters. The monoisotopic (exact) mass is 274 g/mol. The van der Waals surface area contributed by atoms with Crippen LogP contribution in [0.5, 0.6) is 11.5 Å². The average molecular weight is 274 g/mol. The summed E-state index contributed by atoms with van der Waals surface area (Å²) in [6, 6.07) is 7.08. The first-order valence-corrected chi connectivity index (χ1v) is 6.24. The van der Waals surface area contributed by atoms with E-state index >= 15 is 0 Å². The van der Waals surface area contributed by atoms with E-state index in [4.69, 9.17) is 9.47 Å². The molecular formula is C15H18N2O3. The molecule has 0 aliphatic rings. The van der Waals surface area contributed by atoms with Crippen molar-refractivity contribution in [2.24, 2.45) is 0 Å². The van der Waals surface area contributed by atoms with Crippen LogP contribution in [-0.2, 0) is 0 Å². The lowest BCUT2D eigenvalue weighted by atomic mass is 10.2. The first kappa shape index (κ1) is 14.0. The lowest BCUT2D eigenvalue weighted by Gasteiger charge is -2.10. The Morgan fingerprint density at radius 1 is 1.10 bits per heavy atom. The third kappa shape index (κ3) is 2.77. The van der Waals surface area contributed by atoms with Crippen molar-refractivity contribution >= 4 is 11.6 Å². The van der Waals surface area contributed by atoms with Gasteiger partial charge in [-0.05, 0) is 32.0 Å². The highest BCUT2D eigenvalue weighted by Crippen LogP contribution is 2.30. The van der Waals surface area contributed by atoms with Gasteiger partial charge in [-0.2, -0.15) is 0 Å². The van der Waals surface area contributed by atoms with Crippen molar-refractivity contribution in [2.45, 2.75) is 13.8 Å². The quantitative estimate of drug-likeness (QED) is 0.901. The molecule has 0 fully saturated rings. The summed E-state index contributed by atoms with van der Waals surface area (Å²) in [6.45, 7) is 3.79. The Morgan fingerprint density at radius 3 is 2.35 bits per heavy atom. The lowest BCUT2D eigenvalue weighted by Crippen LogP contribution is -2.12. The highest BCUT2D eigenvalue weighted by molar-refractivity contribution is 6.05. The summed E-state index contributed by atoms with van der Waals surface area (Å²) in [5, 5.41) is 2.84. The second kappa shape index (κ2) is 5.69. The van der Waals surface area contributed by atoms with Crippen LogP contribution in [0.25, 0.3) is 0 Å². The second-order valence-corrected chi connectivity index (χ2v) is 4.51. The number of ether oxygens (including phenoxy) is 2. The van der Waals surface area contributed by atoms with Gasteiger partial charge in [0.2, 0.25) is 0 Å². The third-order valence-corrected chi connectivity index (χ3v) is 3.04. The molecule has 2 N–H and O–H groups in total. The first-order chi connectivity index (χ1) is 9.55. The van der Waals surface area contributed by atoms with E-state index in [1.807, 2.05) is 19.9 Å². The molecule has 0 aliphatic carbocycles. The molecule has 0 aliphatic heterocycles. The SMILES string of the molecule is COc1ccc(NC(=O)c2cc(C)[nH]c2C)cc1OC. The molecule has 1 aromatic carbocycles. The molecule has 0 radical (unpaired) electrons. The molecule has 5 nitrogen and oxygen atoms in total. The van der Waals surface area contributed by atoms with Crippen molar-refractivity contribution in [2.75, 3.05) is 19.5 Å². The molecule has 0 atom stereocenters. The van der Waals surface area contributed by atoms with E-state index in [1.165, 1.54) is 0 Å². The van der Waals surface area contributed by atoms with Gasteiger partial charge in [0, 0.05) is 23.1 Å². The second-order valence-electron chi connectivity index (χ2n) is 4.51. The van der Waals surface area contributed by atoms with E-state index in [0.717, 1.165) is 11.4 Å². The van der Waals surface area contributed by atoms with Gasteiger partial charge in [-0.1, -0.05) is 0 Å². The van der Waals surface area contributed by atoms with Crippen molar-refractivity contribution in [3.05, 3.63) is 41.2 Å². The number of hydrogen-bond donors (Lipinski definition) is 2. The molecule has 0 spiro atoms. The summed E-state index contributed by atoms with van der Waals surface area (Å²) in [7, 11) is 3.13. The van der Waals surface area contributed by atoms with Crippen molar-refractivity contribution in [3.8, 4) is 11.5 Å². The molecule has 1 aromatic heterocycles. The summed E-state index contributed by atoms with van der Waals surface area (Å²) in [5.74, 6) is 1.05. The Morgan fingerprint density at radius 2 is 1.80 bits per heavy atom. The van der Waals surface area contributed by atoms with E-state index in [1.54, 1.807) is 32.4 Å². The average Bonchev–Trinajstić information content (AvgIpc) is 2.77. The van der Waals surface area contributed by atoms with E-state index < -0.39 is 0 Å². The van der Waals surface area contributed by atoms with E-state index in [2.05, 4.69) is 10.3 Å². The Labute approximate surface area is 117 Å². The molecule has 0 bridgehead atoms. The zero-order chi connectivity index (χ0) is 14.7. The van der Waals surface area contributed by atoms with Gasteiger partial charge in [0.05, 0.1) is 19.8 Å². The molecule has 20 heavy (non-hydrogen) atoms. The van der Waals surface area contributed by atoms with Gasteiger partial charge in [0.1, 0.15) is 0 Å². The molecule has 1 amide bonds. The minimum atomic E-state index is -0.154. The number of carbonyl (C=O) groups excluding carboxylic acids is 1. The summed E-state index contributed by atoms with van der Waals surface area (Å²) < 4.78 is 10.4. The zero-order valence-electron chi connectivity index (χ0n) is 12.0. The molecule has 5 heteroatoms. The maximum atomic E-state index is 12.2. The lowest BCUT2D eigenvalue weighted by molar-refractivity contribution is 0.102. The Bertz CT molecular complexity index is 632. The number of aromatic nitrogens is 1. The number of benzene rings is 1. The van der Waals surface area contributed by atoms with Crippen LogP contribution in [0, 0.1) is 13.8 Å². The fourth-order valence-electron chi connectivity index (χ4n) is 2.07. The van der Waals surface area contributed by atoms with Gasteiger partial charge < -0.3 is 19.8 Å². The van der Waals surface area contributed by atoms with Crippen molar-refractivity contribution in [1.82, 2.24) is 4.98 Å². The smallest absolute Gasteiger partial charge is 0.257 e. The molecule has 2 aromatic rings. The van der Waals surface area contributed by atoms with Crippen LogP contribution >= 0.6 is 0 Å². The number of carbonyl (C=O) groups is 1.